The van der Waals surface area contributed by atoms with Gasteiger partial charge in [-0.05, 0) is 48.6 Å². The van der Waals surface area contributed by atoms with E-state index in [2.05, 4.69) is 30.2 Å². The van der Waals surface area contributed by atoms with Crippen molar-refractivity contribution in [1.29, 1.82) is 5.26 Å². The first-order chi connectivity index (χ1) is 12.8. The molecule has 6 heteroatoms. The zero-order chi connectivity index (χ0) is 19.6. The Kier molecular flexibility index (Phi) is 5.15. The molecule has 6 nitrogen and oxygen atoms in total. The highest BCUT2D eigenvalue weighted by atomic mass is 16.5. The van der Waals surface area contributed by atoms with Gasteiger partial charge in [-0.2, -0.15) is 5.26 Å². The zero-order valence-corrected chi connectivity index (χ0v) is 15.9. The van der Waals surface area contributed by atoms with E-state index in [4.69, 9.17) is 10.5 Å². The third-order valence-corrected chi connectivity index (χ3v) is 4.49. The molecule has 1 aliphatic rings. The second-order valence-electron chi connectivity index (χ2n) is 7.77. The standard InChI is InChI=1S/C21H24N4O2/c1-13(2)10-21(3,23)12-27-18-5-4-14(8-15(18)11-22)16-6-7-24-20-17(16)9-19(26)25-20/h4-8,13H,9-10,12,23H2,1-3H3,(H,24,25,26)/t21-/m0/s1. The smallest absolute Gasteiger partial charge is 0.230 e. The summed E-state index contributed by atoms with van der Waals surface area (Å²) < 4.78 is 5.87. The largest absolute Gasteiger partial charge is 0.490 e. The maximum absolute atomic E-state index is 11.7. The number of rotatable bonds is 6. The lowest BCUT2D eigenvalue weighted by molar-refractivity contribution is -0.115. The van der Waals surface area contributed by atoms with Gasteiger partial charge in [-0.15, -0.1) is 0 Å². The molecule has 2 aromatic rings. The average Bonchev–Trinajstić information content (AvgIpc) is 2.99. The highest BCUT2D eigenvalue weighted by Gasteiger charge is 2.24. The van der Waals surface area contributed by atoms with Gasteiger partial charge in [0, 0.05) is 17.3 Å². The third-order valence-electron chi connectivity index (χ3n) is 4.49. The molecule has 2 heterocycles. The summed E-state index contributed by atoms with van der Waals surface area (Å²) in [7, 11) is 0. The minimum atomic E-state index is -0.461. The average molecular weight is 364 g/mol. The first kappa shape index (κ1) is 18.9. The summed E-state index contributed by atoms with van der Waals surface area (Å²) in [6.45, 7) is 6.53. The molecule has 0 saturated carbocycles. The molecular formula is C21H24N4O2. The number of pyridine rings is 1. The van der Waals surface area contributed by atoms with Crippen molar-refractivity contribution in [3.05, 3.63) is 41.6 Å². The van der Waals surface area contributed by atoms with Crippen molar-refractivity contribution in [3.63, 3.8) is 0 Å². The minimum Gasteiger partial charge on any atom is -0.490 e. The van der Waals surface area contributed by atoms with Gasteiger partial charge in [0.2, 0.25) is 5.91 Å². The van der Waals surface area contributed by atoms with Crippen molar-refractivity contribution in [2.75, 3.05) is 11.9 Å². The van der Waals surface area contributed by atoms with Gasteiger partial charge >= 0.3 is 0 Å². The Labute approximate surface area is 159 Å². The van der Waals surface area contributed by atoms with Crippen molar-refractivity contribution >= 4 is 11.7 Å². The molecular weight excluding hydrogens is 340 g/mol. The molecule has 1 atom stereocenters. The second kappa shape index (κ2) is 7.37. The Hall–Kier alpha value is -2.91. The Bertz CT molecular complexity index is 913. The van der Waals surface area contributed by atoms with Crippen LogP contribution in [0.3, 0.4) is 0 Å². The predicted molar refractivity (Wildman–Crippen MR) is 104 cm³/mol. The fraction of sp³-hybridized carbons (Fsp3) is 0.381. The van der Waals surface area contributed by atoms with Crippen LogP contribution in [0.15, 0.2) is 30.5 Å². The van der Waals surface area contributed by atoms with Crippen molar-refractivity contribution in [2.24, 2.45) is 11.7 Å². The molecule has 140 valence electrons. The fourth-order valence-corrected chi connectivity index (χ4v) is 3.53. The number of hydrogen-bond donors (Lipinski definition) is 2. The van der Waals surface area contributed by atoms with Gasteiger partial charge in [-0.1, -0.05) is 19.9 Å². The number of ether oxygens (including phenoxy) is 1. The number of carbonyl (C=O) groups is 1. The normalized spacial score (nSPS) is 15.0. The summed E-state index contributed by atoms with van der Waals surface area (Å²) in [4.78, 5) is 15.9. The van der Waals surface area contributed by atoms with Gasteiger partial charge in [-0.3, -0.25) is 4.79 Å². The predicted octanol–water partition coefficient (Wildman–Crippen LogP) is 3.26. The van der Waals surface area contributed by atoms with Crippen LogP contribution in [-0.4, -0.2) is 23.0 Å². The van der Waals surface area contributed by atoms with Gasteiger partial charge in [-0.25, -0.2) is 4.98 Å². The molecule has 1 aromatic heterocycles. The zero-order valence-electron chi connectivity index (χ0n) is 15.9. The number of anilines is 1. The number of nitrogens with zero attached hydrogens (tertiary/aromatic N) is 2. The molecule has 3 rings (SSSR count). The fourth-order valence-electron chi connectivity index (χ4n) is 3.53. The summed E-state index contributed by atoms with van der Waals surface area (Å²) in [5, 5.41) is 12.3. The van der Waals surface area contributed by atoms with E-state index in [0.717, 1.165) is 23.1 Å². The minimum absolute atomic E-state index is 0.0715. The number of aromatic nitrogens is 1. The molecule has 0 saturated heterocycles. The SMILES string of the molecule is CC(C)C[C@](C)(N)COc1ccc(-c2ccnc3c2CC(=O)N3)cc1C#N. The summed E-state index contributed by atoms with van der Waals surface area (Å²) in [6, 6.07) is 9.52. The van der Waals surface area contributed by atoms with Crippen LogP contribution in [0.1, 0.15) is 38.3 Å². The lowest BCUT2D eigenvalue weighted by atomic mass is 9.93. The van der Waals surface area contributed by atoms with Crippen LogP contribution in [-0.2, 0) is 11.2 Å². The highest BCUT2D eigenvalue weighted by Crippen LogP contribution is 2.34. The molecule has 1 aromatic carbocycles. The number of amides is 1. The van der Waals surface area contributed by atoms with E-state index < -0.39 is 5.54 Å². The van der Waals surface area contributed by atoms with E-state index in [-0.39, 0.29) is 5.91 Å². The van der Waals surface area contributed by atoms with Crippen LogP contribution in [0.2, 0.25) is 0 Å². The first-order valence-electron chi connectivity index (χ1n) is 9.03. The van der Waals surface area contributed by atoms with E-state index in [1.54, 1.807) is 18.3 Å². The molecule has 1 amide bonds. The van der Waals surface area contributed by atoms with E-state index in [1.165, 1.54) is 0 Å². The lowest BCUT2D eigenvalue weighted by Crippen LogP contribution is -2.43. The molecule has 0 radical (unpaired) electrons. The molecule has 1 aliphatic heterocycles. The monoisotopic (exact) mass is 364 g/mol. The summed E-state index contributed by atoms with van der Waals surface area (Å²) in [5.74, 6) is 1.50. The van der Waals surface area contributed by atoms with Gasteiger partial charge in [0.1, 0.15) is 24.2 Å². The van der Waals surface area contributed by atoms with Crippen molar-refractivity contribution in [1.82, 2.24) is 4.98 Å². The maximum Gasteiger partial charge on any atom is 0.230 e. The van der Waals surface area contributed by atoms with Gasteiger partial charge < -0.3 is 15.8 Å². The Balaban J connectivity index is 1.85. The van der Waals surface area contributed by atoms with Crippen molar-refractivity contribution in [3.8, 4) is 22.9 Å². The van der Waals surface area contributed by atoms with Gasteiger partial charge in [0.25, 0.3) is 0 Å². The van der Waals surface area contributed by atoms with Crippen LogP contribution in [0, 0.1) is 17.2 Å². The molecule has 0 spiro atoms. The number of hydrogen-bond acceptors (Lipinski definition) is 5. The second-order valence-corrected chi connectivity index (χ2v) is 7.77. The molecule has 27 heavy (non-hydrogen) atoms. The lowest BCUT2D eigenvalue weighted by Gasteiger charge is -2.26. The van der Waals surface area contributed by atoms with Gasteiger partial charge in [0.05, 0.1) is 12.0 Å². The van der Waals surface area contributed by atoms with Crippen LogP contribution < -0.4 is 15.8 Å². The Morgan fingerprint density at radius 1 is 1.41 bits per heavy atom. The van der Waals surface area contributed by atoms with E-state index in [0.29, 0.717) is 36.1 Å². The summed E-state index contributed by atoms with van der Waals surface area (Å²) in [5.41, 5.74) is 8.88. The molecule has 3 N–H and O–H groups in total. The molecule has 0 aliphatic carbocycles. The molecule has 0 bridgehead atoms. The summed E-state index contributed by atoms with van der Waals surface area (Å²) in [6.07, 6.45) is 2.78. The number of nitriles is 1. The molecule has 0 fully saturated rings. The number of fused-ring (bicyclic) bond motifs is 1. The first-order valence-corrected chi connectivity index (χ1v) is 9.03. The Morgan fingerprint density at radius 3 is 2.89 bits per heavy atom. The van der Waals surface area contributed by atoms with E-state index in [9.17, 15) is 10.1 Å². The number of nitrogens with two attached hydrogens (primary N) is 1. The Morgan fingerprint density at radius 2 is 2.19 bits per heavy atom. The van der Waals surface area contributed by atoms with Crippen LogP contribution in [0.25, 0.3) is 11.1 Å². The van der Waals surface area contributed by atoms with Gasteiger partial charge in [0.15, 0.2) is 0 Å². The van der Waals surface area contributed by atoms with Crippen LogP contribution >= 0.6 is 0 Å². The number of nitrogens with one attached hydrogen (secondary N) is 1. The maximum atomic E-state index is 11.7. The quantitative estimate of drug-likeness (QED) is 0.819. The highest BCUT2D eigenvalue weighted by molar-refractivity contribution is 6.00. The third kappa shape index (κ3) is 4.26. The van der Waals surface area contributed by atoms with Crippen molar-refractivity contribution in [2.45, 2.75) is 39.2 Å². The number of carbonyl (C=O) groups excluding carboxylic acids is 1. The van der Waals surface area contributed by atoms with Crippen LogP contribution in [0.4, 0.5) is 5.82 Å². The van der Waals surface area contributed by atoms with E-state index >= 15 is 0 Å². The topological polar surface area (TPSA) is 101 Å². The van der Waals surface area contributed by atoms with Crippen molar-refractivity contribution < 1.29 is 9.53 Å². The molecule has 0 unspecified atom stereocenters. The number of benzene rings is 1. The van der Waals surface area contributed by atoms with E-state index in [1.807, 2.05) is 19.1 Å². The van der Waals surface area contributed by atoms with Crippen LogP contribution in [0.5, 0.6) is 5.75 Å². The summed E-state index contributed by atoms with van der Waals surface area (Å²) >= 11 is 0.